The van der Waals surface area contributed by atoms with Gasteiger partial charge in [0, 0.05) is 11.3 Å². The largest absolute Gasteiger partial charge is 0.486 e. The third-order valence-corrected chi connectivity index (χ3v) is 7.16. The number of benzene rings is 3. The van der Waals surface area contributed by atoms with Gasteiger partial charge in [-0.2, -0.15) is 0 Å². The number of rotatable bonds is 6. The van der Waals surface area contributed by atoms with Gasteiger partial charge in [0.05, 0.1) is 11.6 Å². The van der Waals surface area contributed by atoms with Crippen molar-refractivity contribution in [2.75, 3.05) is 17.9 Å². The Morgan fingerprint density at radius 2 is 1.79 bits per heavy atom. The number of halogens is 1. The van der Waals surface area contributed by atoms with E-state index in [1.54, 1.807) is 18.2 Å². The number of ether oxygens (including phenoxy) is 2. The molecule has 3 aromatic rings. The summed E-state index contributed by atoms with van der Waals surface area (Å²) in [6, 6.07) is 16.7. The van der Waals surface area contributed by atoms with E-state index in [0.717, 1.165) is 11.1 Å². The zero-order valence-electron chi connectivity index (χ0n) is 18.1. The van der Waals surface area contributed by atoms with Crippen LogP contribution in [0.5, 0.6) is 11.5 Å². The van der Waals surface area contributed by atoms with E-state index in [0.29, 0.717) is 17.2 Å². The van der Waals surface area contributed by atoms with Gasteiger partial charge in [0.2, 0.25) is 0 Å². The zero-order valence-corrected chi connectivity index (χ0v) is 19.7. The van der Waals surface area contributed by atoms with Crippen molar-refractivity contribution >= 4 is 33.2 Å². The monoisotopic (exact) mass is 486 g/mol. The van der Waals surface area contributed by atoms with Crippen LogP contribution in [0.3, 0.4) is 0 Å². The van der Waals surface area contributed by atoms with Crippen molar-refractivity contribution in [3.05, 3.63) is 82.4 Å². The summed E-state index contributed by atoms with van der Waals surface area (Å²) in [6.45, 7) is 4.32. The van der Waals surface area contributed by atoms with Gasteiger partial charge in [-0.3, -0.25) is 9.52 Å². The molecule has 9 heteroatoms. The molecule has 172 valence electrons. The SMILES string of the molecule is Cc1ccc(NS(=O)(=O)c2cc(C(=O)NCC3COc4ccccc4O3)ccc2Cl)cc1C. The average Bonchev–Trinajstić information content (AvgIpc) is 2.79. The molecule has 1 aliphatic heterocycles. The number of sulfonamides is 1. The molecule has 4 rings (SSSR count). The van der Waals surface area contributed by atoms with Crippen LogP contribution in [0.4, 0.5) is 5.69 Å². The minimum absolute atomic E-state index is 0.0171. The van der Waals surface area contributed by atoms with Crippen LogP contribution in [0.15, 0.2) is 65.6 Å². The maximum Gasteiger partial charge on any atom is 0.263 e. The molecule has 1 aliphatic rings. The Morgan fingerprint density at radius 1 is 1.03 bits per heavy atom. The van der Waals surface area contributed by atoms with Crippen LogP contribution in [0.2, 0.25) is 5.02 Å². The Morgan fingerprint density at radius 3 is 2.55 bits per heavy atom. The van der Waals surface area contributed by atoms with Crippen molar-refractivity contribution < 1.29 is 22.7 Å². The molecule has 0 aromatic heterocycles. The number of fused-ring (bicyclic) bond motifs is 1. The molecule has 0 saturated heterocycles. The lowest BCUT2D eigenvalue weighted by atomic mass is 10.1. The first-order valence-corrected chi connectivity index (χ1v) is 12.2. The predicted molar refractivity (Wildman–Crippen MR) is 127 cm³/mol. The molecule has 0 spiro atoms. The summed E-state index contributed by atoms with van der Waals surface area (Å²) >= 11 is 6.17. The number of hydrogen-bond donors (Lipinski definition) is 2. The Labute approximate surface area is 197 Å². The molecule has 3 aromatic carbocycles. The van der Waals surface area contributed by atoms with Gasteiger partial charge in [0.25, 0.3) is 15.9 Å². The van der Waals surface area contributed by atoms with Gasteiger partial charge in [-0.15, -0.1) is 0 Å². The summed E-state index contributed by atoms with van der Waals surface area (Å²) < 4.78 is 39.9. The number of amides is 1. The number of carbonyl (C=O) groups is 1. The lowest BCUT2D eigenvalue weighted by Gasteiger charge is -2.26. The highest BCUT2D eigenvalue weighted by Crippen LogP contribution is 2.31. The minimum Gasteiger partial charge on any atom is -0.486 e. The van der Waals surface area contributed by atoms with Crippen LogP contribution >= 0.6 is 11.6 Å². The molecule has 0 fully saturated rings. The fourth-order valence-electron chi connectivity index (χ4n) is 3.34. The van der Waals surface area contributed by atoms with Crippen molar-refractivity contribution in [2.24, 2.45) is 0 Å². The maximum atomic E-state index is 13.0. The summed E-state index contributed by atoms with van der Waals surface area (Å²) in [6.07, 6.45) is -0.370. The van der Waals surface area contributed by atoms with Crippen molar-refractivity contribution in [1.29, 1.82) is 0 Å². The predicted octanol–water partition coefficient (Wildman–Crippen LogP) is 4.33. The molecule has 1 heterocycles. The molecule has 1 amide bonds. The quantitative estimate of drug-likeness (QED) is 0.541. The number of aryl methyl sites for hydroxylation is 2. The van der Waals surface area contributed by atoms with Gasteiger partial charge in [0.1, 0.15) is 17.6 Å². The van der Waals surface area contributed by atoms with Gasteiger partial charge >= 0.3 is 0 Å². The standard InChI is InChI=1S/C24H23ClN2O5S/c1-15-7-9-18(11-16(15)2)27-33(29,30)23-12-17(8-10-20(23)25)24(28)26-13-19-14-31-21-5-3-4-6-22(21)32-19/h3-12,19,27H,13-14H2,1-2H3,(H,26,28). The first kappa shape index (κ1) is 22.9. The van der Waals surface area contributed by atoms with E-state index < -0.39 is 15.9 Å². The van der Waals surface area contributed by atoms with Crippen molar-refractivity contribution in [2.45, 2.75) is 24.8 Å². The van der Waals surface area contributed by atoms with Crippen molar-refractivity contribution in [1.82, 2.24) is 5.32 Å². The van der Waals surface area contributed by atoms with Crippen LogP contribution in [0.25, 0.3) is 0 Å². The number of para-hydroxylation sites is 2. The Kier molecular flexibility index (Phi) is 6.49. The van der Waals surface area contributed by atoms with Gasteiger partial charge in [0.15, 0.2) is 11.5 Å². The van der Waals surface area contributed by atoms with Crippen molar-refractivity contribution in [3.8, 4) is 11.5 Å². The zero-order chi connectivity index (χ0) is 23.6. The lowest BCUT2D eigenvalue weighted by molar-refractivity contribution is 0.0789. The molecule has 2 N–H and O–H groups in total. The van der Waals surface area contributed by atoms with Gasteiger partial charge < -0.3 is 14.8 Å². The molecule has 0 bridgehead atoms. The highest BCUT2D eigenvalue weighted by atomic mass is 35.5. The van der Waals surface area contributed by atoms with Gasteiger partial charge in [-0.1, -0.05) is 29.8 Å². The first-order valence-electron chi connectivity index (χ1n) is 10.3. The van der Waals surface area contributed by atoms with E-state index in [1.807, 2.05) is 38.1 Å². The normalized spacial score (nSPS) is 15.1. The molecule has 1 unspecified atom stereocenters. The Bertz CT molecular complexity index is 1310. The van der Waals surface area contributed by atoms with E-state index in [1.165, 1.54) is 18.2 Å². The number of hydrogen-bond acceptors (Lipinski definition) is 5. The number of anilines is 1. The highest BCUT2D eigenvalue weighted by molar-refractivity contribution is 7.92. The summed E-state index contributed by atoms with van der Waals surface area (Å²) in [7, 11) is -4.01. The highest BCUT2D eigenvalue weighted by Gasteiger charge is 2.23. The molecule has 0 radical (unpaired) electrons. The van der Waals surface area contributed by atoms with E-state index in [4.69, 9.17) is 21.1 Å². The smallest absolute Gasteiger partial charge is 0.263 e. The van der Waals surface area contributed by atoms with E-state index in [2.05, 4.69) is 10.0 Å². The molecular weight excluding hydrogens is 464 g/mol. The fraction of sp³-hybridized carbons (Fsp3) is 0.208. The third kappa shape index (κ3) is 5.23. The summed E-state index contributed by atoms with van der Waals surface area (Å²) in [5.41, 5.74) is 2.58. The second-order valence-corrected chi connectivity index (χ2v) is 9.82. The molecule has 0 aliphatic carbocycles. The lowest BCUT2D eigenvalue weighted by Crippen LogP contribution is -2.40. The Balaban J connectivity index is 1.46. The third-order valence-electron chi connectivity index (χ3n) is 5.30. The van der Waals surface area contributed by atoms with E-state index in [-0.39, 0.29) is 34.7 Å². The number of nitrogens with one attached hydrogen (secondary N) is 2. The van der Waals surface area contributed by atoms with Gasteiger partial charge in [-0.05, 0) is 67.4 Å². The van der Waals surface area contributed by atoms with Crippen molar-refractivity contribution in [3.63, 3.8) is 0 Å². The molecular formula is C24H23ClN2O5S. The summed E-state index contributed by atoms with van der Waals surface area (Å²) in [4.78, 5) is 12.5. The average molecular weight is 487 g/mol. The Hall–Kier alpha value is -3.23. The second kappa shape index (κ2) is 9.33. The molecule has 0 saturated carbocycles. The fourth-order valence-corrected chi connectivity index (χ4v) is 4.91. The van der Waals surface area contributed by atoms with Crippen LogP contribution in [-0.2, 0) is 10.0 Å². The summed E-state index contributed by atoms with van der Waals surface area (Å²) in [5, 5.41) is 2.78. The van der Waals surface area contributed by atoms with Crippen LogP contribution in [-0.4, -0.2) is 33.6 Å². The van der Waals surface area contributed by atoms with E-state index in [9.17, 15) is 13.2 Å². The maximum absolute atomic E-state index is 13.0. The number of carbonyl (C=O) groups excluding carboxylic acids is 1. The van der Waals surface area contributed by atoms with Crippen LogP contribution in [0.1, 0.15) is 21.5 Å². The van der Waals surface area contributed by atoms with Gasteiger partial charge in [-0.25, -0.2) is 8.42 Å². The molecule has 1 atom stereocenters. The van der Waals surface area contributed by atoms with Crippen LogP contribution < -0.4 is 19.5 Å². The molecule has 33 heavy (non-hydrogen) atoms. The van der Waals surface area contributed by atoms with E-state index >= 15 is 0 Å². The first-order chi connectivity index (χ1) is 15.7. The topological polar surface area (TPSA) is 93.7 Å². The molecule has 7 nitrogen and oxygen atoms in total. The summed E-state index contributed by atoms with van der Waals surface area (Å²) in [5.74, 6) is 0.820. The minimum atomic E-state index is -4.01. The second-order valence-electron chi connectivity index (χ2n) is 7.76. The van der Waals surface area contributed by atoms with Crippen LogP contribution in [0, 0.1) is 13.8 Å².